The molecule has 0 bridgehead atoms. The van der Waals surface area contributed by atoms with E-state index in [1.165, 1.54) is 17.0 Å². The Hall–Kier alpha value is -1.06. The summed E-state index contributed by atoms with van der Waals surface area (Å²) in [4.78, 5) is 4.83. The molecule has 0 spiro atoms. The van der Waals surface area contributed by atoms with Crippen LogP contribution < -0.4 is 0 Å². The second-order valence-corrected chi connectivity index (χ2v) is 7.91. The zero-order valence-corrected chi connectivity index (χ0v) is 16.1. The molecule has 0 aromatic rings. The molecule has 1 fully saturated rings. The number of hydrogen-bond donors (Lipinski definition) is 0. The summed E-state index contributed by atoms with van der Waals surface area (Å²) in [5.74, 6) is 2.74. The second-order valence-electron chi connectivity index (χ2n) is 6.87. The van der Waals surface area contributed by atoms with Crippen LogP contribution in [0.3, 0.4) is 0 Å². The van der Waals surface area contributed by atoms with Gasteiger partial charge in [-0.2, -0.15) is 0 Å². The van der Waals surface area contributed by atoms with E-state index in [4.69, 9.17) is 9.73 Å². The van der Waals surface area contributed by atoms with E-state index < -0.39 is 0 Å². The predicted octanol–water partition coefficient (Wildman–Crippen LogP) is 5.59. The van der Waals surface area contributed by atoms with Crippen molar-refractivity contribution in [2.45, 2.75) is 51.7 Å². The summed E-state index contributed by atoms with van der Waals surface area (Å²) in [5.41, 5.74) is 1.38. The number of nitrogens with zero attached hydrogens (tertiary/aromatic N) is 1. The molecule has 4 atom stereocenters. The van der Waals surface area contributed by atoms with E-state index in [0.29, 0.717) is 6.04 Å². The Balaban J connectivity index is 1.69. The van der Waals surface area contributed by atoms with Crippen LogP contribution in [0.15, 0.2) is 53.6 Å². The fraction of sp³-hybridized carbons (Fsp3) is 0.571. The Kier molecular flexibility index (Phi) is 8.07. The monoisotopic (exact) mass is 345 g/mol. The van der Waals surface area contributed by atoms with Gasteiger partial charge in [0.15, 0.2) is 0 Å². The molecule has 0 aromatic carbocycles. The third-order valence-corrected chi connectivity index (χ3v) is 5.89. The lowest BCUT2D eigenvalue weighted by Crippen LogP contribution is -2.08. The second kappa shape index (κ2) is 10.0. The highest BCUT2D eigenvalue weighted by Gasteiger charge is 2.39. The zero-order chi connectivity index (χ0) is 17.4. The Labute approximate surface area is 151 Å². The van der Waals surface area contributed by atoms with Gasteiger partial charge in [0.05, 0.1) is 17.2 Å². The minimum atomic E-state index is 0.288. The van der Waals surface area contributed by atoms with Crippen LogP contribution in [0.5, 0.6) is 0 Å². The molecule has 1 heterocycles. The van der Waals surface area contributed by atoms with Gasteiger partial charge in [-0.15, -0.1) is 18.3 Å². The van der Waals surface area contributed by atoms with E-state index in [2.05, 4.69) is 50.8 Å². The van der Waals surface area contributed by atoms with Crippen molar-refractivity contribution in [3.05, 3.63) is 48.6 Å². The zero-order valence-electron chi connectivity index (χ0n) is 15.3. The number of thioether (sulfide) groups is 1. The van der Waals surface area contributed by atoms with Gasteiger partial charge in [0.2, 0.25) is 0 Å². The SMILES string of the molecule is C=CC[C@@H](CC/C(C)=C/C=C/C=C\[C@@H]1CSC([C@@H]2C[C@@H]2C)=N1)OC. The number of ether oxygens (including phenoxy) is 1. The number of rotatable bonds is 10. The maximum absolute atomic E-state index is 5.44. The first-order chi connectivity index (χ1) is 11.6. The van der Waals surface area contributed by atoms with Gasteiger partial charge in [0.1, 0.15) is 0 Å². The first kappa shape index (κ1) is 19.3. The van der Waals surface area contributed by atoms with Gasteiger partial charge >= 0.3 is 0 Å². The number of hydrogen-bond acceptors (Lipinski definition) is 3. The van der Waals surface area contributed by atoms with E-state index in [0.717, 1.165) is 36.9 Å². The lowest BCUT2D eigenvalue weighted by atomic mass is 10.1. The maximum atomic E-state index is 5.44. The summed E-state index contributed by atoms with van der Waals surface area (Å²) in [6.07, 6.45) is 17.4. The normalized spacial score (nSPS) is 28.5. The van der Waals surface area contributed by atoms with Crippen LogP contribution in [0.25, 0.3) is 0 Å². The first-order valence-electron chi connectivity index (χ1n) is 8.98. The molecule has 0 saturated heterocycles. The maximum Gasteiger partial charge on any atom is 0.0786 e. The van der Waals surface area contributed by atoms with E-state index in [9.17, 15) is 0 Å². The Bertz CT molecular complexity index is 532. The molecule has 0 aromatic heterocycles. The predicted molar refractivity (Wildman–Crippen MR) is 108 cm³/mol. The summed E-state index contributed by atoms with van der Waals surface area (Å²) in [7, 11) is 1.77. The van der Waals surface area contributed by atoms with Crippen molar-refractivity contribution in [2.75, 3.05) is 12.9 Å². The summed E-state index contributed by atoms with van der Waals surface area (Å²) in [5, 5.41) is 1.39. The highest BCUT2D eigenvalue weighted by Crippen LogP contribution is 2.44. The molecular weight excluding hydrogens is 314 g/mol. The van der Waals surface area contributed by atoms with Gasteiger partial charge < -0.3 is 4.74 Å². The third kappa shape index (κ3) is 6.45. The smallest absolute Gasteiger partial charge is 0.0786 e. The standard InChI is InChI=1S/C21H31NOS/c1-5-9-19(23-4)13-12-16(2)10-7-6-8-11-18-15-24-21(22-18)20-14-17(20)3/h5-8,10-11,17-20H,1,9,12-15H2,2-4H3/b7-6+,11-8-,16-10+/t17-,18+,19-,20+/m0/s1. The Morgan fingerprint density at radius 1 is 1.42 bits per heavy atom. The lowest BCUT2D eigenvalue weighted by molar-refractivity contribution is 0.0981. The van der Waals surface area contributed by atoms with Gasteiger partial charge in [-0.05, 0) is 38.5 Å². The molecule has 0 unspecified atom stereocenters. The molecule has 132 valence electrons. The van der Waals surface area contributed by atoms with Gasteiger partial charge in [-0.1, -0.05) is 49.0 Å². The van der Waals surface area contributed by atoms with Gasteiger partial charge in [-0.25, -0.2) is 0 Å². The molecule has 0 amide bonds. The molecule has 2 aliphatic rings. The van der Waals surface area contributed by atoms with Gasteiger partial charge in [-0.3, -0.25) is 4.99 Å². The molecule has 1 saturated carbocycles. The lowest BCUT2D eigenvalue weighted by Gasteiger charge is -2.12. The molecule has 0 radical (unpaired) electrons. The van der Waals surface area contributed by atoms with Crippen LogP contribution in [0.4, 0.5) is 0 Å². The van der Waals surface area contributed by atoms with Gasteiger partial charge in [0.25, 0.3) is 0 Å². The summed E-state index contributed by atoms with van der Waals surface area (Å²) in [6, 6.07) is 0.369. The fourth-order valence-electron chi connectivity index (χ4n) is 2.84. The first-order valence-corrected chi connectivity index (χ1v) is 9.97. The van der Waals surface area contributed by atoms with Crippen molar-refractivity contribution in [1.82, 2.24) is 0 Å². The number of methoxy groups -OCH3 is 1. The van der Waals surface area contributed by atoms with Crippen LogP contribution >= 0.6 is 11.8 Å². The number of aliphatic imine (C=N–C) groups is 1. The van der Waals surface area contributed by atoms with Crippen molar-refractivity contribution in [1.29, 1.82) is 0 Å². The minimum Gasteiger partial charge on any atom is -0.381 e. The third-order valence-electron chi connectivity index (χ3n) is 4.68. The summed E-state index contributed by atoms with van der Waals surface area (Å²) >= 11 is 1.95. The Morgan fingerprint density at radius 3 is 2.88 bits per heavy atom. The largest absolute Gasteiger partial charge is 0.381 e. The Morgan fingerprint density at radius 2 is 2.21 bits per heavy atom. The molecule has 0 N–H and O–H groups in total. The van der Waals surface area contributed by atoms with Crippen molar-refractivity contribution < 1.29 is 4.74 Å². The average molecular weight is 346 g/mol. The molecule has 2 rings (SSSR count). The van der Waals surface area contributed by atoms with E-state index in [1.807, 2.05) is 17.8 Å². The van der Waals surface area contributed by atoms with E-state index >= 15 is 0 Å². The highest BCUT2D eigenvalue weighted by molar-refractivity contribution is 8.14. The molecule has 2 nitrogen and oxygen atoms in total. The van der Waals surface area contributed by atoms with Gasteiger partial charge in [0, 0.05) is 18.8 Å². The van der Waals surface area contributed by atoms with Crippen LogP contribution in [-0.2, 0) is 4.74 Å². The summed E-state index contributed by atoms with van der Waals surface area (Å²) < 4.78 is 5.44. The molecular formula is C21H31NOS. The minimum absolute atomic E-state index is 0.288. The fourth-order valence-corrected chi connectivity index (χ4v) is 4.12. The topological polar surface area (TPSA) is 21.6 Å². The average Bonchev–Trinajstić information content (AvgIpc) is 3.12. The quantitative estimate of drug-likeness (QED) is 0.380. The molecule has 1 aliphatic heterocycles. The van der Waals surface area contributed by atoms with Crippen LogP contribution in [0, 0.1) is 11.8 Å². The van der Waals surface area contributed by atoms with Crippen molar-refractivity contribution in [3.8, 4) is 0 Å². The molecule has 3 heteroatoms. The summed E-state index contributed by atoms with van der Waals surface area (Å²) in [6.45, 7) is 8.27. The molecule has 1 aliphatic carbocycles. The molecule has 24 heavy (non-hydrogen) atoms. The number of allylic oxidation sites excluding steroid dienone is 5. The highest BCUT2D eigenvalue weighted by atomic mass is 32.2. The van der Waals surface area contributed by atoms with Crippen LogP contribution in [-0.4, -0.2) is 30.1 Å². The van der Waals surface area contributed by atoms with Crippen molar-refractivity contribution >= 4 is 16.8 Å². The van der Waals surface area contributed by atoms with E-state index in [-0.39, 0.29) is 6.10 Å². The van der Waals surface area contributed by atoms with E-state index in [1.54, 1.807) is 7.11 Å². The van der Waals surface area contributed by atoms with Crippen LogP contribution in [0.2, 0.25) is 0 Å². The van der Waals surface area contributed by atoms with Crippen LogP contribution in [0.1, 0.15) is 39.5 Å². The van der Waals surface area contributed by atoms with Crippen molar-refractivity contribution in [3.63, 3.8) is 0 Å². The van der Waals surface area contributed by atoms with Crippen molar-refractivity contribution in [2.24, 2.45) is 16.8 Å².